The van der Waals surface area contributed by atoms with E-state index in [2.05, 4.69) is 9.47 Å². The second-order valence-electron chi connectivity index (χ2n) is 19.3. The molecule has 0 amide bonds. The smallest absolute Gasteiger partial charge is 0.547 e. The van der Waals surface area contributed by atoms with E-state index in [4.69, 9.17) is 99.5 Å². The number of cyclic esters (lactones) is 3. The van der Waals surface area contributed by atoms with Gasteiger partial charge in [0.25, 0.3) is 0 Å². The molecule has 0 aliphatic carbocycles. The molecular weight excluding hydrogens is 1250 g/mol. The number of aliphatic hydroxyl groups excluding tert-OH is 13. The van der Waals surface area contributed by atoms with Crippen molar-refractivity contribution in [3.63, 3.8) is 0 Å². The number of hydrogen-bond donors (Lipinski definition) is 14. The van der Waals surface area contributed by atoms with Crippen molar-refractivity contribution >= 4 is 91.5 Å². The van der Waals surface area contributed by atoms with Gasteiger partial charge in [-0.2, -0.15) is 0 Å². The zero-order valence-electron chi connectivity index (χ0n) is 48.6. The topological polar surface area (TPSA) is 543 Å². The summed E-state index contributed by atoms with van der Waals surface area (Å²) in [7, 11) is 0. The van der Waals surface area contributed by atoms with Crippen LogP contribution in [0.3, 0.4) is 0 Å². The van der Waals surface area contributed by atoms with Crippen LogP contribution in [0.5, 0.6) is 0 Å². The van der Waals surface area contributed by atoms with E-state index in [0.717, 1.165) is 0 Å². The van der Waals surface area contributed by atoms with Gasteiger partial charge in [0.1, 0.15) is 37.1 Å². The molecule has 3 aromatic carbocycles. The predicted octanol–water partition coefficient (Wildman–Crippen LogP) is -4.28. The van der Waals surface area contributed by atoms with Crippen LogP contribution < -0.4 is 5.11 Å². The molecule has 8 rings (SSSR count). The van der Waals surface area contributed by atoms with Crippen LogP contribution in [0.1, 0.15) is 66.2 Å². The summed E-state index contributed by atoms with van der Waals surface area (Å²) in [4.78, 5) is 97.7. The van der Waals surface area contributed by atoms with Crippen molar-refractivity contribution in [2.24, 2.45) is 17.8 Å². The molecule has 5 aliphatic heterocycles. The van der Waals surface area contributed by atoms with Crippen LogP contribution in [0.2, 0.25) is 0 Å². The molecule has 14 N–H and O–H groups in total. The number of carbonyl (C=O) groups is 9. The average molecular weight is 1330 g/mol. The fourth-order valence-electron chi connectivity index (χ4n) is 6.95. The van der Waals surface area contributed by atoms with Gasteiger partial charge in [0.15, 0.2) is 42.6 Å². The van der Waals surface area contributed by atoms with Gasteiger partial charge < -0.3 is 124 Å². The van der Waals surface area contributed by atoms with Crippen LogP contribution in [0.25, 0.3) is 0 Å². The Morgan fingerprint density at radius 1 is 0.582 bits per heavy atom. The molecule has 91 heavy (non-hydrogen) atoms. The van der Waals surface area contributed by atoms with Crippen LogP contribution in [0, 0.1) is 17.8 Å². The molecule has 0 aromatic heterocycles. The third-order valence-electron chi connectivity index (χ3n) is 12.1. The Balaban J connectivity index is 0.00000106. The fourth-order valence-corrected chi connectivity index (χ4v) is 6.95. The zero-order valence-corrected chi connectivity index (χ0v) is 50.8. The minimum absolute atomic E-state index is 0. The first-order chi connectivity index (χ1) is 41.9. The summed E-state index contributed by atoms with van der Waals surface area (Å²) >= 11 is 0. The van der Waals surface area contributed by atoms with Gasteiger partial charge in [-0.25, -0.2) is 33.6 Å². The minimum atomic E-state index is -2.00. The summed E-state index contributed by atoms with van der Waals surface area (Å²) in [6, 6.07) is 26.0. The van der Waals surface area contributed by atoms with Crippen molar-refractivity contribution in [1.82, 2.24) is 0 Å². The van der Waals surface area contributed by atoms with Crippen LogP contribution in [0.15, 0.2) is 103 Å². The molecule has 0 spiro atoms. The van der Waals surface area contributed by atoms with Crippen LogP contribution in [-0.4, -0.2) is 289 Å². The Bertz CT molecular complexity index is 2720. The molecule has 4 fully saturated rings. The van der Waals surface area contributed by atoms with Crippen molar-refractivity contribution in [2.75, 3.05) is 46.2 Å². The maximum Gasteiger partial charge on any atom is 2.00 e. The van der Waals surface area contributed by atoms with Gasteiger partial charge in [-0.15, -0.1) is 0 Å². The molecule has 0 bridgehead atoms. The Kier molecular flexibility index (Phi) is 39.6. The first-order valence-electron chi connectivity index (χ1n) is 26.5. The Morgan fingerprint density at radius 2 is 1.01 bits per heavy atom. The van der Waals surface area contributed by atoms with E-state index >= 15 is 0 Å². The van der Waals surface area contributed by atoms with E-state index in [1.807, 2.05) is 39.0 Å². The molecule has 3 aromatic rings. The molecule has 2 unspecified atom stereocenters. The standard InChI is InChI=1S/C14H16O5.C12H14O4.C12H12O4.C6H8O6.2C4H8O5.C4H6O4.CH4.Ca/c1-9-8-17-14(18-10(2)15)12(9)19-13(16)11-6-4-3-5-7-11;2*1-8-7-15-12(14)10(8)16-11(13)9-5-3-2-4-6-9;7-1-2(8)5-3(9)4(10)6(11)12-5;2*5-1-2(6)3(7)4(8)9;5-2-1-8-4(7)3(2)6;;/h3-7,9,12,14H,8H2,1-2H3;2-6,8,10,12,14H,7H2,1H3;2-6,8,10H,7H2,1H3;2,5,7-10H,1H2;2*2-3,5-7H,1H2,(H,8,9);2-3,5-6H,1H2;1H4;/q;;;;;;;;+2/p-1/t9-,12+,14?;8-,10+,12?;8-,10+;2-,5+;3*2-,3+;;/m0000000../s1. The molecule has 4 saturated heterocycles. The van der Waals surface area contributed by atoms with E-state index in [-0.39, 0.29) is 69.5 Å². The molecule has 5 aliphatic rings. The van der Waals surface area contributed by atoms with Gasteiger partial charge in [-0.3, -0.25) is 4.79 Å². The van der Waals surface area contributed by atoms with Gasteiger partial charge >= 0.3 is 85.5 Å². The maximum atomic E-state index is 12.0. The normalized spacial score (nSPS) is 24.7. The van der Waals surface area contributed by atoms with E-state index in [0.29, 0.717) is 36.5 Å². The monoisotopic (exact) mass is 1330 g/mol. The number of ether oxygens (including phenoxy) is 9. The molecule has 0 saturated carbocycles. The number of rotatable bonds is 15. The van der Waals surface area contributed by atoms with Crippen molar-refractivity contribution in [3.05, 3.63) is 119 Å². The number of hydrogen-bond acceptors (Lipinski definition) is 32. The molecule has 33 nitrogen and oxygen atoms in total. The fraction of sp³-hybridized carbons (Fsp3) is 0.491. The van der Waals surface area contributed by atoms with Crippen LogP contribution in [0.4, 0.5) is 0 Å². The molecule has 16 atom stereocenters. The van der Waals surface area contributed by atoms with Gasteiger partial charge in [0, 0.05) is 24.7 Å². The van der Waals surface area contributed by atoms with Gasteiger partial charge in [-0.05, 0) is 36.4 Å². The van der Waals surface area contributed by atoms with E-state index in [1.54, 1.807) is 72.8 Å². The summed E-state index contributed by atoms with van der Waals surface area (Å²) in [5.41, 5.74) is 1.38. The van der Waals surface area contributed by atoms with Crippen LogP contribution in [-0.2, 0) is 71.4 Å². The number of carbonyl (C=O) groups excluding carboxylic acids is 8. The second-order valence-corrected chi connectivity index (χ2v) is 19.3. The summed E-state index contributed by atoms with van der Waals surface area (Å²) < 4.78 is 44.3. The van der Waals surface area contributed by atoms with E-state index < -0.39 is 165 Å². The van der Waals surface area contributed by atoms with Gasteiger partial charge in [0.2, 0.25) is 18.2 Å². The molecule has 34 heteroatoms. The molecule has 5 heterocycles. The largest absolute Gasteiger partial charge is 2.00 e. The summed E-state index contributed by atoms with van der Waals surface area (Å²) in [5.74, 6) is -9.22. The summed E-state index contributed by atoms with van der Waals surface area (Å²) in [6.07, 6.45) is -16.0. The molecular formula is C57H75CaO33+. The Hall–Kier alpha value is -7.03. The molecule has 502 valence electrons. The quantitative estimate of drug-likeness (QED) is 0.0389. The zero-order chi connectivity index (χ0) is 67.2. The van der Waals surface area contributed by atoms with Gasteiger partial charge in [-0.1, -0.05) is 82.8 Å². The minimum Gasteiger partial charge on any atom is -0.547 e. The average Bonchev–Trinajstić information content (AvgIpc) is 2.08. The third-order valence-corrected chi connectivity index (χ3v) is 12.1. The number of aliphatic carboxylic acids is 2. The molecule has 0 radical (unpaired) electrons. The summed E-state index contributed by atoms with van der Waals surface area (Å²) in [6.45, 7) is 5.67. The number of esters is 7. The van der Waals surface area contributed by atoms with Crippen molar-refractivity contribution in [1.29, 1.82) is 0 Å². The summed E-state index contributed by atoms with van der Waals surface area (Å²) in [5, 5.41) is 129. The third kappa shape index (κ3) is 28.2. The first kappa shape index (κ1) is 84.0. The van der Waals surface area contributed by atoms with E-state index in [1.165, 1.54) is 6.92 Å². The number of carboxylic acid groups (broad SMARTS) is 2. The second kappa shape index (κ2) is 42.9. The number of aliphatic hydroxyl groups is 13. The Morgan fingerprint density at radius 3 is 1.32 bits per heavy atom. The SMILES string of the molecule is C.CC(=O)OC1OC[C@H](C)[C@H]1OC(=O)c1ccccc1.C[C@H]1COC(=O)[C@@H]1OC(=O)c1ccccc1.C[C@H]1COC(O)[C@@H]1OC(=O)c1ccccc1.O=C(O)[C@H](O)[C@@H](O)CO.O=C([O-])[C@H](O)[C@@H](O)CO.O=C1OC[C@H](O)[C@H]1O.O=C1O[C@H]([C@@H](O)CO)C(O)=C1O.[Ca+2]. The van der Waals surface area contributed by atoms with Crippen molar-refractivity contribution in [2.45, 2.75) is 115 Å². The number of benzene rings is 3. The van der Waals surface area contributed by atoms with Crippen LogP contribution >= 0.6 is 0 Å². The predicted molar refractivity (Wildman–Crippen MR) is 300 cm³/mol. The van der Waals surface area contributed by atoms with E-state index in [9.17, 15) is 53.4 Å². The maximum absolute atomic E-state index is 12.0. The van der Waals surface area contributed by atoms with Crippen molar-refractivity contribution in [3.8, 4) is 0 Å². The van der Waals surface area contributed by atoms with Gasteiger partial charge in [0.05, 0.1) is 62.3 Å². The van der Waals surface area contributed by atoms with Crippen molar-refractivity contribution < 1.29 is 162 Å². The number of carboxylic acids is 2. The Labute approximate surface area is 549 Å². The first-order valence-corrected chi connectivity index (χ1v) is 26.5.